The zero-order valence-corrected chi connectivity index (χ0v) is 23.0. The molecule has 1 saturated carbocycles. The van der Waals surface area contributed by atoms with E-state index in [2.05, 4.69) is 20.2 Å². The minimum absolute atomic E-state index is 0.0143. The van der Waals surface area contributed by atoms with E-state index >= 15 is 0 Å². The van der Waals surface area contributed by atoms with Gasteiger partial charge in [-0.3, -0.25) is 9.69 Å². The van der Waals surface area contributed by atoms with Gasteiger partial charge in [-0.25, -0.2) is 14.4 Å². The summed E-state index contributed by atoms with van der Waals surface area (Å²) >= 11 is 5.95. The molecule has 0 radical (unpaired) electrons. The molecule has 208 valence electrons. The van der Waals surface area contributed by atoms with Crippen molar-refractivity contribution in [2.24, 2.45) is 0 Å². The van der Waals surface area contributed by atoms with Crippen molar-refractivity contribution < 1.29 is 23.8 Å². The van der Waals surface area contributed by atoms with Crippen LogP contribution in [0.15, 0.2) is 36.7 Å². The number of β-amino-alcohol motifs (C(OH)–C–C–N with tert-alkyl or cyclic N) is 1. The number of aliphatic hydroxyl groups excluding tert-OH is 1. The van der Waals surface area contributed by atoms with Gasteiger partial charge in [0.25, 0.3) is 0 Å². The zero-order valence-electron chi connectivity index (χ0n) is 22.2. The van der Waals surface area contributed by atoms with E-state index in [0.717, 1.165) is 25.7 Å². The molecule has 0 spiro atoms. The minimum Gasteiger partial charge on any atom is -0.493 e. The number of hydrogen-bond donors (Lipinski definition) is 2. The number of fused-ring (bicyclic) bond motifs is 1. The lowest BCUT2D eigenvalue weighted by Crippen LogP contribution is -2.49. The normalized spacial score (nSPS) is 23.5. The fraction of sp³-hybridized carbons (Fsp3) is 0.464. The van der Waals surface area contributed by atoms with Crippen LogP contribution in [0, 0.1) is 5.82 Å². The van der Waals surface area contributed by atoms with E-state index in [1.807, 2.05) is 6.07 Å². The van der Waals surface area contributed by atoms with E-state index in [4.69, 9.17) is 21.1 Å². The summed E-state index contributed by atoms with van der Waals surface area (Å²) in [6.45, 7) is 0.516. The lowest BCUT2D eigenvalue weighted by molar-refractivity contribution is -0.134. The number of carbonyl (C=O) groups is 1. The van der Waals surface area contributed by atoms with Crippen LogP contribution in [0.2, 0.25) is 5.02 Å². The Balaban J connectivity index is 1.32. The number of anilines is 2. The smallest absolute Gasteiger partial charge is 0.239 e. The Kier molecular flexibility index (Phi) is 8.06. The zero-order chi connectivity index (χ0) is 27.7. The summed E-state index contributed by atoms with van der Waals surface area (Å²) in [5, 5.41) is 14.0. The van der Waals surface area contributed by atoms with Crippen LogP contribution in [0.3, 0.4) is 0 Å². The average molecular weight is 558 g/mol. The second-order valence-corrected chi connectivity index (χ2v) is 10.8. The molecule has 1 aliphatic heterocycles. The number of methoxy groups -OCH3 is 1. The fourth-order valence-corrected chi connectivity index (χ4v) is 5.77. The Hall–Kier alpha value is -3.21. The number of likely N-dealkylation sites (N-methyl/N-ethyl adjacent to an activating group) is 1. The highest BCUT2D eigenvalue weighted by Gasteiger charge is 2.41. The molecule has 3 aromatic rings. The van der Waals surface area contributed by atoms with Gasteiger partial charge in [0.05, 0.1) is 41.6 Å². The predicted octanol–water partition coefficient (Wildman–Crippen LogP) is 4.39. The molecular formula is C28H33ClFN5O4. The maximum atomic E-state index is 14.5. The van der Waals surface area contributed by atoms with E-state index in [0.29, 0.717) is 41.2 Å². The Bertz CT molecular complexity index is 1350. The van der Waals surface area contributed by atoms with Crippen molar-refractivity contribution in [2.75, 3.05) is 33.1 Å². The fourth-order valence-electron chi connectivity index (χ4n) is 5.60. The number of halogens is 2. The molecule has 5 rings (SSSR count). The monoisotopic (exact) mass is 557 g/mol. The third-order valence-electron chi connectivity index (χ3n) is 7.57. The van der Waals surface area contributed by atoms with E-state index in [1.54, 1.807) is 44.3 Å². The molecule has 0 unspecified atom stereocenters. The van der Waals surface area contributed by atoms with Crippen LogP contribution in [-0.4, -0.2) is 82.8 Å². The number of nitrogens with one attached hydrogen (secondary N) is 1. The van der Waals surface area contributed by atoms with E-state index < -0.39 is 11.9 Å². The molecule has 0 bridgehead atoms. The molecule has 39 heavy (non-hydrogen) atoms. The third kappa shape index (κ3) is 5.73. The molecule has 2 aromatic carbocycles. The Labute approximate surface area is 231 Å². The van der Waals surface area contributed by atoms with Gasteiger partial charge >= 0.3 is 0 Å². The lowest BCUT2D eigenvalue weighted by Gasteiger charge is -2.38. The van der Waals surface area contributed by atoms with Crippen molar-refractivity contribution in [3.05, 3.63) is 47.5 Å². The van der Waals surface area contributed by atoms with Crippen molar-refractivity contribution >= 4 is 39.9 Å². The quantitative estimate of drug-likeness (QED) is 0.441. The third-order valence-corrected chi connectivity index (χ3v) is 7.87. The van der Waals surface area contributed by atoms with E-state index in [9.17, 15) is 14.3 Å². The summed E-state index contributed by atoms with van der Waals surface area (Å²) in [6, 6.07) is 8.25. The number of aromatic nitrogens is 2. The van der Waals surface area contributed by atoms with Crippen molar-refractivity contribution in [1.82, 2.24) is 19.8 Å². The van der Waals surface area contributed by atoms with Crippen molar-refractivity contribution in [1.29, 1.82) is 0 Å². The van der Waals surface area contributed by atoms with Gasteiger partial charge < -0.3 is 24.8 Å². The van der Waals surface area contributed by atoms with Crippen LogP contribution in [0.5, 0.6) is 11.5 Å². The minimum atomic E-state index is -0.562. The summed E-state index contributed by atoms with van der Waals surface area (Å²) < 4.78 is 26.6. The van der Waals surface area contributed by atoms with Crippen molar-refractivity contribution in [2.45, 2.75) is 56.4 Å². The second-order valence-electron chi connectivity index (χ2n) is 10.4. The van der Waals surface area contributed by atoms with Crippen LogP contribution >= 0.6 is 11.6 Å². The van der Waals surface area contributed by atoms with Gasteiger partial charge in [0, 0.05) is 38.1 Å². The number of carbonyl (C=O) groups excluding carboxylic acids is 1. The molecular weight excluding hydrogens is 525 g/mol. The molecule has 2 N–H and O–H groups in total. The standard InChI is InChI=1S/C28H33ClFN5O4/c1-34(2)28(37)23-11-17(36)14-35(23)16-7-9-18(10-8-16)39-25-12-19-22(13-24(25)38-3)31-15-32-27(19)33-21-6-4-5-20(29)26(21)30/h4-6,12-13,15-18,23,36H,7-11,14H2,1-3H3,(H,31,32,33)/t16-,17-,18+,23-/m1/s1. The number of likely N-dealkylation sites (tertiary alicyclic amines) is 1. The van der Waals surface area contributed by atoms with Crippen LogP contribution in [0.1, 0.15) is 32.1 Å². The summed E-state index contributed by atoms with van der Waals surface area (Å²) in [5.74, 6) is 0.988. The number of amides is 1. The molecule has 1 aromatic heterocycles. The maximum absolute atomic E-state index is 14.5. The lowest BCUT2D eigenvalue weighted by atomic mass is 9.91. The molecule has 9 nitrogen and oxygen atoms in total. The van der Waals surface area contributed by atoms with Gasteiger partial charge in [0.1, 0.15) is 12.1 Å². The van der Waals surface area contributed by atoms with Gasteiger partial charge in [-0.15, -0.1) is 0 Å². The number of aliphatic hydroxyl groups is 1. The predicted molar refractivity (Wildman–Crippen MR) is 147 cm³/mol. The SMILES string of the molecule is COc1cc2ncnc(Nc3cccc(Cl)c3F)c2cc1O[C@H]1CC[C@@H](N2C[C@H](O)C[C@@H]2C(=O)N(C)C)CC1. The van der Waals surface area contributed by atoms with E-state index in [-0.39, 0.29) is 34.8 Å². The van der Waals surface area contributed by atoms with Gasteiger partial charge in [0.2, 0.25) is 5.91 Å². The summed E-state index contributed by atoms with van der Waals surface area (Å²) in [4.78, 5) is 25.1. The van der Waals surface area contributed by atoms with Gasteiger partial charge in [-0.2, -0.15) is 0 Å². The molecule has 2 aliphatic rings. The summed E-state index contributed by atoms with van der Waals surface area (Å²) in [7, 11) is 5.09. The molecule has 1 amide bonds. The molecule has 1 aliphatic carbocycles. The summed E-state index contributed by atoms with van der Waals surface area (Å²) in [6.07, 6.45) is 4.64. The first-order chi connectivity index (χ1) is 18.7. The van der Waals surface area contributed by atoms with Crippen molar-refractivity contribution in [3.8, 4) is 11.5 Å². The van der Waals surface area contributed by atoms with Crippen LogP contribution < -0.4 is 14.8 Å². The number of rotatable bonds is 7. The highest BCUT2D eigenvalue weighted by molar-refractivity contribution is 6.31. The van der Waals surface area contributed by atoms with Gasteiger partial charge in [-0.1, -0.05) is 17.7 Å². The number of nitrogens with zero attached hydrogens (tertiary/aromatic N) is 4. The maximum Gasteiger partial charge on any atom is 0.239 e. The molecule has 2 heterocycles. The highest BCUT2D eigenvalue weighted by atomic mass is 35.5. The molecule has 2 atom stereocenters. The Morgan fingerprint density at radius 1 is 1.18 bits per heavy atom. The van der Waals surface area contributed by atoms with Crippen LogP contribution in [0.25, 0.3) is 10.9 Å². The number of ether oxygens (including phenoxy) is 2. The highest BCUT2D eigenvalue weighted by Crippen LogP contribution is 2.38. The Morgan fingerprint density at radius 2 is 1.95 bits per heavy atom. The molecule has 2 fully saturated rings. The average Bonchev–Trinajstić information content (AvgIpc) is 3.32. The largest absolute Gasteiger partial charge is 0.493 e. The first-order valence-corrected chi connectivity index (χ1v) is 13.5. The van der Waals surface area contributed by atoms with Crippen LogP contribution in [0.4, 0.5) is 15.9 Å². The van der Waals surface area contributed by atoms with Gasteiger partial charge in [-0.05, 0) is 50.3 Å². The first-order valence-electron chi connectivity index (χ1n) is 13.1. The number of benzene rings is 2. The van der Waals surface area contributed by atoms with Crippen molar-refractivity contribution in [3.63, 3.8) is 0 Å². The second kappa shape index (κ2) is 11.5. The number of hydrogen-bond acceptors (Lipinski definition) is 8. The summed E-state index contributed by atoms with van der Waals surface area (Å²) in [5.41, 5.74) is 0.823. The molecule has 11 heteroatoms. The van der Waals surface area contributed by atoms with Crippen LogP contribution in [-0.2, 0) is 4.79 Å². The van der Waals surface area contributed by atoms with Gasteiger partial charge in [0.15, 0.2) is 17.3 Å². The Morgan fingerprint density at radius 3 is 2.67 bits per heavy atom. The molecule has 1 saturated heterocycles. The van der Waals surface area contributed by atoms with E-state index in [1.165, 1.54) is 12.4 Å². The first kappa shape index (κ1) is 27.4. The topological polar surface area (TPSA) is 100 Å².